The molecule has 94 valence electrons. The third-order valence-corrected chi connectivity index (χ3v) is 3.50. The Balaban J connectivity index is 2.50. The van der Waals surface area contributed by atoms with Gasteiger partial charge < -0.3 is 10.0 Å². The molecule has 0 aromatic heterocycles. The quantitative estimate of drug-likeness (QED) is 0.794. The van der Waals surface area contributed by atoms with Crippen LogP contribution in [0.1, 0.15) is 40.0 Å². The Morgan fingerprint density at radius 2 is 2.19 bits per heavy atom. The monoisotopic (exact) mass is 227 g/mol. The van der Waals surface area contributed by atoms with Gasteiger partial charge in [-0.3, -0.25) is 4.79 Å². The van der Waals surface area contributed by atoms with Gasteiger partial charge in [-0.15, -0.1) is 0 Å². The van der Waals surface area contributed by atoms with Crippen molar-refractivity contribution in [2.45, 2.75) is 46.1 Å². The summed E-state index contributed by atoms with van der Waals surface area (Å²) < 4.78 is 0. The van der Waals surface area contributed by atoms with Crippen LogP contribution in [0.25, 0.3) is 0 Å². The van der Waals surface area contributed by atoms with Crippen molar-refractivity contribution in [1.29, 1.82) is 0 Å². The van der Waals surface area contributed by atoms with E-state index in [1.807, 2.05) is 7.05 Å². The molecule has 1 aliphatic rings. The van der Waals surface area contributed by atoms with Gasteiger partial charge >= 0.3 is 0 Å². The van der Waals surface area contributed by atoms with Gasteiger partial charge in [-0.1, -0.05) is 20.3 Å². The van der Waals surface area contributed by atoms with E-state index in [1.165, 1.54) is 0 Å². The lowest BCUT2D eigenvalue weighted by Gasteiger charge is -2.35. The summed E-state index contributed by atoms with van der Waals surface area (Å²) in [5.41, 5.74) is -0.144. The maximum Gasteiger partial charge on any atom is 0.142 e. The molecule has 1 rings (SSSR count). The first-order chi connectivity index (χ1) is 7.33. The van der Waals surface area contributed by atoms with Gasteiger partial charge in [0.1, 0.15) is 5.78 Å². The highest BCUT2D eigenvalue weighted by atomic mass is 16.3. The minimum absolute atomic E-state index is 0.144. The van der Waals surface area contributed by atoms with Gasteiger partial charge in [0.15, 0.2) is 0 Å². The maximum absolute atomic E-state index is 12.2. The van der Waals surface area contributed by atoms with E-state index in [2.05, 4.69) is 18.7 Å². The number of ketones is 1. The zero-order valence-electron chi connectivity index (χ0n) is 11.0. The second kappa shape index (κ2) is 5.28. The molecular weight excluding hydrogens is 202 g/mol. The van der Waals surface area contributed by atoms with E-state index in [4.69, 9.17) is 0 Å². The van der Waals surface area contributed by atoms with Gasteiger partial charge in [0.05, 0.1) is 6.10 Å². The first kappa shape index (κ1) is 13.7. The normalized spacial score (nSPS) is 27.1. The van der Waals surface area contributed by atoms with Crippen LogP contribution in [0.4, 0.5) is 0 Å². The highest BCUT2D eigenvalue weighted by molar-refractivity contribution is 5.87. The van der Waals surface area contributed by atoms with Gasteiger partial charge in [0.25, 0.3) is 0 Å². The van der Waals surface area contributed by atoms with E-state index < -0.39 is 0 Å². The zero-order chi connectivity index (χ0) is 12.3. The van der Waals surface area contributed by atoms with Gasteiger partial charge in [-0.05, 0) is 26.8 Å². The second-order valence-electron chi connectivity index (χ2n) is 5.91. The molecule has 1 aliphatic carbocycles. The molecule has 0 amide bonds. The Hall–Kier alpha value is -0.410. The number of Topliss-reactive ketones (excluding diaryl/α,β-unsaturated/α-hetero) is 1. The first-order valence-corrected chi connectivity index (χ1v) is 6.24. The topological polar surface area (TPSA) is 40.5 Å². The van der Waals surface area contributed by atoms with Crippen LogP contribution in [0.15, 0.2) is 0 Å². The van der Waals surface area contributed by atoms with Crippen LogP contribution in [0.3, 0.4) is 0 Å². The molecule has 16 heavy (non-hydrogen) atoms. The van der Waals surface area contributed by atoms with Crippen LogP contribution in [0, 0.1) is 11.3 Å². The SMILES string of the molecule is CC(O)CN(C)CC1CCCC(C)(C)C1=O. The maximum atomic E-state index is 12.2. The van der Waals surface area contributed by atoms with Crippen molar-refractivity contribution < 1.29 is 9.90 Å². The van der Waals surface area contributed by atoms with E-state index in [0.29, 0.717) is 12.3 Å². The van der Waals surface area contributed by atoms with Crippen molar-refractivity contribution in [1.82, 2.24) is 4.90 Å². The molecule has 3 heteroatoms. The largest absolute Gasteiger partial charge is 0.392 e. The molecular formula is C13H25NO2. The van der Waals surface area contributed by atoms with Crippen LogP contribution >= 0.6 is 0 Å². The van der Waals surface area contributed by atoms with Crippen LogP contribution in [0.5, 0.6) is 0 Å². The van der Waals surface area contributed by atoms with Gasteiger partial charge in [0.2, 0.25) is 0 Å². The van der Waals surface area contributed by atoms with E-state index in [9.17, 15) is 9.90 Å². The smallest absolute Gasteiger partial charge is 0.142 e. The summed E-state index contributed by atoms with van der Waals surface area (Å²) in [5.74, 6) is 0.559. The predicted molar refractivity (Wildman–Crippen MR) is 65.3 cm³/mol. The number of hydrogen-bond donors (Lipinski definition) is 1. The average Bonchev–Trinajstić information content (AvgIpc) is 2.11. The lowest BCUT2D eigenvalue weighted by atomic mass is 9.71. The van der Waals surface area contributed by atoms with Gasteiger partial charge in [0, 0.05) is 24.4 Å². The molecule has 1 saturated carbocycles. The number of aliphatic hydroxyl groups excluding tert-OH is 1. The Kier molecular flexibility index (Phi) is 4.51. The van der Waals surface area contributed by atoms with Crippen molar-refractivity contribution >= 4 is 5.78 Å². The Labute approximate surface area is 98.8 Å². The fourth-order valence-corrected chi connectivity index (χ4v) is 2.67. The summed E-state index contributed by atoms with van der Waals surface area (Å²) in [7, 11) is 1.97. The molecule has 0 aliphatic heterocycles. The Morgan fingerprint density at radius 3 is 2.75 bits per heavy atom. The van der Waals surface area contributed by atoms with Gasteiger partial charge in [-0.2, -0.15) is 0 Å². The molecule has 1 fully saturated rings. The number of rotatable bonds is 4. The fraction of sp³-hybridized carbons (Fsp3) is 0.923. The number of carbonyl (C=O) groups excluding carboxylic acids is 1. The molecule has 0 bridgehead atoms. The molecule has 0 aromatic rings. The van der Waals surface area contributed by atoms with Crippen LogP contribution in [-0.2, 0) is 4.79 Å². The highest BCUT2D eigenvalue weighted by Gasteiger charge is 2.37. The Morgan fingerprint density at radius 1 is 1.56 bits per heavy atom. The van der Waals surface area contributed by atoms with E-state index >= 15 is 0 Å². The third-order valence-electron chi connectivity index (χ3n) is 3.50. The minimum Gasteiger partial charge on any atom is -0.392 e. The molecule has 2 unspecified atom stereocenters. The summed E-state index contributed by atoms with van der Waals surface area (Å²) in [6, 6.07) is 0. The number of nitrogens with zero attached hydrogens (tertiary/aromatic N) is 1. The van der Waals surface area contributed by atoms with E-state index in [1.54, 1.807) is 6.92 Å². The molecule has 1 N–H and O–H groups in total. The highest BCUT2D eigenvalue weighted by Crippen LogP contribution is 2.35. The van der Waals surface area contributed by atoms with Crippen molar-refractivity contribution in [2.75, 3.05) is 20.1 Å². The summed E-state index contributed by atoms with van der Waals surface area (Å²) >= 11 is 0. The number of hydrogen-bond acceptors (Lipinski definition) is 3. The van der Waals surface area contributed by atoms with E-state index in [-0.39, 0.29) is 17.4 Å². The Bertz CT molecular complexity index is 248. The number of aliphatic hydroxyl groups is 1. The number of carbonyl (C=O) groups is 1. The molecule has 0 radical (unpaired) electrons. The molecule has 0 saturated heterocycles. The lowest BCUT2D eigenvalue weighted by molar-refractivity contribution is -0.135. The van der Waals surface area contributed by atoms with Crippen molar-refractivity contribution in [3.63, 3.8) is 0 Å². The van der Waals surface area contributed by atoms with Crippen molar-refractivity contribution in [3.05, 3.63) is 0 Å². The van der Waals surface area contributed by atoms with E-state index in [0.717, 1.165) is 25.8 Å². The summed E-state index contributed by atoms with van der Waals surface area (Å²) in [5, 5.41) is 9.29. The third kappa shape index (κ3) is 3.56. The molecule has 0 heterocycles. The minimum atomic E-state index is -0.322. The molecule has 3 nitrogen and oxygen atoms in total. The van der Waals surface area contributed by atoms with Crippen LogP contribution in [0.2, 0.25) is 0 Å². The number of likely N-dealkylation sites (N-methyl/N-ethyl adjacent to an activating group) is 1. The van der Waals surface area contributed by atoms with Gasteiger partial charge in [-0.25, -0.2) is 0 Å². The van der Waals surface area contributed by atoms with Crippen molar-refractivity contribution in [2.24, 2.45) is 11.3 Å². The molecule has 0 spiro atoms. The summed E-state index contributed by atoms with van der Waals surface area (Å²) in [6.07, 6.45) is 2.84. The predicted octanol–water partition coefficient (Wildman–Crippen LogP) is 1.69. The summed E-state index contributed by atoms with van der Waals surface area (Å²) in [4.78, 5) is 14.2. The second-order valence-corrected chi connectivity index (χ2v) is 5.91. The fourth-order valence-electron chi connectivity index (χ4n) is 2.67. The summed E-state index contributed by atoms with van der Waals surface area (Å²) in [6.45, 7) is 7.31. The average molecular weight is 227 g/mol. The standard InChI is InChI=1S/C13H25NO2/c1-10(15)8-14(4)9-11-6-5-7-13(2,3)12(11)16/h10-11,15H,5-9H2,1-4H3. The zero-order valence-corrected chi connectivity index (χ0v) is 11.0. The lowest BCUT2D eigenvalue weighted by Crippen LogP contribution is -2.42. The molecule has 2 atom stereocenters. The van der Waals surface area contributed by atoms with Crippen LogP contribution in [-0.4, -0.2) is 42.0 Å². The molecule has 0 aromatic carbocycles. The first-order valence-electron chi connectivity index (χ1n) is 6.24. The van der Waals surface area contributed by atoms with Crippen LogP contribution < -0.4 is 0 Å². The van der Waals surface area contributed by atoms with Crippen molar-refractivity contribution in [3.8, 4) is 0 Å².